The molecule has 1 aromatic rings. The second kappa shape index (κ2) is 7.29. The van der Waals surface area contributed by atoms with Gasteiger partial charge < -0.3 is 10.2 Å². The quantitative estimate of drug-likeness (QED) is 0.474. The number of nitrogens with one attached hydrogen (secondary N) is 1. The summed E-state index contributed by atoms with van der Waals surface area (Å²) in [4.78, 5) is 7.34. The van der Waals surface area contributed by atoms with Gasteiger partial charge in [0.2, 0.25) is 0 Å². The summed E-state index contributed by atoms with van der Waals surface area (Å²) >= 11 is 0. The van der Waals surface area contributed by atoms with E-state index in [4.69, 9.17) is 4.99 Å². The van der Waals surface area contributed by atoms with Crippen LogP contribution in [0.4, 0.5) is 5.69 Å². The van der Waals surface area contributed by atoms with Crippen LogP contribution in [-0.2, 0) is 0 Å². The van der Waals surface area contributed by atoms with Crippen molar-refractivity contribution >= 4 is 35.6 Å². The lowest BCUT2D eigenvalue weighted by Crippen LogP contribution is -2.40. The Hall–Kier alpha value is -0.780. The van der Waals surface area contributed by atoms with E-state index in [1.165, 1.54) is 25.7 Å². The standard InChI is InChI=1S/C16H23N3.HI/c1-13-12-15(13)18-16(19-10-6-3-7-11-19)17-14-8-4-2-5-9-14;/h2,4-5,8-9,13,15H,3,6-7,10-12H2,1H3,(H,17,18);1H. The van der Waals surface area contributed by atoms with Gasteiger partial charge in [0, 0.05) is 18.8 Å². The summed E-state index contributed by atoms with van der Waals surface area (Å²) < 4.78 is 0. The van der Waals surface area contributed by atoms with Crippen molar-refractivity contribution in [2.75, 3.05) is 18.4 Å². The fraction of sp³-hybridized carbons (Fsp3) is 0.562. The smallest absolute Gasteiger partial charge is 0.198 e. The molecule has 1 aliphatic carbocycles. The lowest BCUT2D eigenvalue weighted by Gasteiger charge is -2.30. The van der Waals surface area contributed by atoms with Crippen LogP contribution in [0.15, 0.2) is 35.3 Å². The van der Waals surface area contributed by atoms with Crippen LogP contribution in [-0.4, -0.2) is 30.0 Å². The van der Waals surface area contributed by atoms with Gasteiger partial charge in [-0.3, -0.25) is 0 Å². The summed E-state index contributed by atoms with van der Waals surface area (Å²) in [5.41, 5.74) is 1.14. The first kappa shape index (κ1) is 15.6. The second-order valence-electron chi connectivity index (χ2n) is 5.77. The van der Waals surface area contributed by atoms with Crippen LogP contribution in [0.2, 0.25) is 0 Å². The molecule has 3 rings (SSSR count). The largest absolute Gasteiger partial charge is 0.343 e. The third-order valence-corrected chi connectivity index (χ3v) is 4.04. The van der Waals surface area contributed by atoms with Gasteiger partial charge >= 0.3 is 0 Å². The molecular weight excluding hydrogens is 361 g/mol. The Labute approximate surface area is 138 Å². The van der Waals surface area contributed by atoms with Crippen LogP contribution in [0, 0.1) is 5.92 Å². The molecule has 2 fully saturated rings. The van der Waals surface area contributed by atoms with E-state index in [1.807, 2.05) is 6.07 Å². The van der Waals surface area contributed by atoms with Crippen molar-refractivity contribution in [1.82, 2.24) is 4.90 Å². The monoisotopic (exact) mass is 385 g/mol. The number of guanidine groups is 1. The number of likely N-dealkylation sites (tertiary alicyclic amines) is 1. The zero-order valence-corrected chi connectivity index (χ0v) is 14.4. The maximum Gasteiger partial charge on any atom is 0.198 e. The highest BCUT2D eigenvalue weighted by Gasteiger charge is 2.33. The van der Waals surface area contributed by atoms with E-state index < -0.39 is 0 Å². The van der Waals surface area contributed by atoms with Crippen LogP contribution in [0.3, 0.4) is 0 Å². The van der Waals surface area contributed by atoms with Gasteiger partial charge in [0.15, 0.2) is 5.96 Å². The van der Waals surface area contributed by atoms with Gasteiger partial charge in [-0.15, -0.1) is 24.0 Å². The molecule has 2 unspecified atom stereocenters. The predicted octanol–water partition coefficient (Wildman–Crippen LogP) is 3.97. The van der Waals surface area contributed by atoms with Crippen LogP contribution >= 0.6 is 24.0 Å². The molecule has 1 N–H and O–H groups in total. The molecule has 2 atom stereocenters. The molecule has 4 heteroatoms. The van der Waals surface area contributed by atoms with Gasteiger partial charge in [-0.25, -0.2) is 4.99 Å². The SMILES string of the molecule is CC1CC1N=C(Nc1ccccc1)N1CCCCC1.I. The molecule has 0 bridgehead atoms. The molecule has 0 aromatic heterocycles. The maximum absolute atomic E-state index is 4.92. The van der Waals surface area contributed by atoms with Crippen molar-refractivity contribution < 1.29 is 0 Å². The molecule has 3 nitrogen and oxygen atoms in total. The fourth-order valence-corrected chi connectivity index (χ4v) is 2.59. The number of aliphatic imine (C=N–C) groups is 1. The number of benzene rings is 1. The minimum atomic E-state index is 0. The zero-order chi connectivity index (χ0) is 13.1. The van der Waals surface area contributed by atoms with Crippen molar-refractivity contribution in [3.63, 3.8) is 0 Å². The van der Waals surface area contributed by atoms with E-state index >= 15 is 0 Å². The van der Waals surface area contributed by atoms with E-state index in [1.54, 1.807) is 0 Å². The summed E-state index contributed by atoms with van der Waals surface area (Å²) in [6, 6.07) is 10.9. The van der Waals surface area contributed by atoms with Crippen LogP contribution in [0.1, 0.15) is 32.6 Å². The molecule has 110 valence electrons. The summed E-state index contributed by atoms with van der Waals surface area (Å²) in [5, 5.41) is 3.52. The fourth-order valence-electron chi connectivity index (χ4n) is 2.59. The first-order valence-electron chi connectivity index (χ1n) is 7.48. The molecule has 1 saturated carbocycles. The second-order valence-corrected chi connectivity index (χ2v) is 5.77. The maximum atomic E-state index is 4.92. The third kappa shape index (κ3) is 4.11. The number of para-hydroxylation sites is 1. The molecule has 2 aliphatic rings. The van der Waals surface area contributed by atoms with E-state index in [2.05, 4.69) is 41.4 Å². The molecule has 0 radical (unpaired) electrons. The number of anilines is 1. The first-order valence-corrected chi connectivity index (χ1v) is 7.48. The Morgan fingerprint density at radius 2 is 1.80 bits per heavy atom. The van der Waals surface area contributed by atoms with Crippen LogP contribution in [0.25, 0.3) is 0 Å². The summed E-state index contributed by atoms with van der Waals surface area (Å²) in [6.45, 7) is 4.56. The number of halogens is 1. The lowest BCUT2D eigenvalue weighted by atomic mass is 10.1. The van der Waals surface area contributed by atoms with E-state index in [-0.39, 0.29) is 24.0 Å². The van der Waals surface area contributed by atoms with Gasteiger partial charge in [-0.1, -0.05) is 25.1 Å². The molecule has 1 aromatic carbocycles. The molecule has 0 amide bonds. The molecule has 20 heavy (non-hydrogen) atoms. The molecular formula is C16H24IN3. The van der Waals surface area contributed by atoms with Crippen LogP contribution < -0.4 is 5.32 Å². The Kier molecular flexibility index (Phi) is 5.69. The highest BCUT2D eigenvalue weighted by atomic mass is 127. The summed E-state index contributed by atoms with van der Waals surface area (Å²) in [5.74, 6) is 1.85. The summed E-state index contributed by atoms with van der Waals surface area (Å²) in [6.07, 6.45) is 5.17. The molecule has 0 spiro atoms. The number of rotatable bonds is 2. The summed E-state index contributed by atoms with van der Waals surface area (Å²) in [7, 11) is 0. The van der Waals surface area contributed by atoms with Crippen molar-refractivity contribution in [3.8, 4) is 0 Å². The van der Waals surface area contributed by atoms with Crippen LogP contribution in [0.5, 0.6) is 0 Å². The topological polar surface area (TPSA) is 27.6 Å². The molecule has 1 aliphatic heterocycles. The minimum Gasteiger partial charge on any atom is -0.343 e. The van der Waals surface area contributed by atoms with E-state index in [0.29, 0.717) is 6.04 Å². The van der Waals surface area contributed by atoms with E-state index in [9.17, 15) is 0 Å². The minimum absolute atomic E-state index is 0. The van der Waals surface area contributed by atoms with Gasteiger partial charge in [0.25, 0.3) is 0 Å². The number of hydrogen-bond acceptors (Lipinski definition) is 1. The third-order valence-electron chi connectivity index (χ3n) is 4.04. The Morgan fingerprint density at radius 3 is 2.40 bits per heavy atom. The van der Waals surface area contributed by atoms with Crippen molar-refractivity contribution in [1.29, 1.82) is 0 Å². The van der Waals surface area contributed by atoms with Gasteiger partial charge in [-0.05, 0) is 43.7 Å². The Balaban J connectivity index is 0.00000147. The average molecular weight is 385 g/mol. The Morgan fingerprint density at radius 1 is 1.15 bits per heavy atom. The normalized spacial score (nSPS) is 25.9. The van der Waals surface area contributed by atoms with Gasteiger partial charge in [0.1, 0.15) is 0 Å². The molecule has 1 saturated heterocycles. The average Bonchev–Trinajstić information content (AvgIpc) is 3.16. The highest BCUT2D eigenvalue weighted by molar-refractivity contribution is 14.0. The van der Waals surface area contributed by atoms with Crippen molar-refractivity contribution in [2.45, 2.75) is 38.6 Å². The van der Waals surface area contributed by atoms with Crippen molar-refractivity contribution in [3.05, 3.63) is 30.3 Å². The number of hydrogen-bond donors (Lipinski definition) is 1. The van der Waals surface area contributed by atoms with Gasteiger partial charge in [-0.2, -0.15) is 0 Å². The van der Waals surface area contributed by atoms with E-state index in [0.717, 1.165) is 30.7 Å². The first-order chi connectivity index (χ1) is 9.33. The zero-order valence-electron chi connectivity index (χ0n) is 12.1. The lowest BCUT2D eigenvalue weighted by molar-refractivity contribution is 0.340. The number of piperidine rings is 1. The predicted molar refractivity (Wildman–Crippen MR) is 95.9 cm³/mol. The molecule has 1 heterocycles. The number of nitrogens with zero attached hydrogens (tertiary/aromatic N) is 2. The Bertz CT molecular complexity index is 440. The highest BCUT2D eigenvalue weighted by Crippen LogP contribution is 2.33. The van der Waals surface area contributed by atoms with Crippen molar-refractivity contribution in [2.24, 2.45) is 10.9 Å². The van der Waals surface area contributed by atoms with Gasteiger partial charge in [0.05, 0.1) is 6.04 Å².